The molecule has 0 spiro atoms. The summed E-state index contributed by atoms with van der Waals surface area (Å²) in [5.74, 6) is -2.40. The normalized spacial score (nSPS) is 14.1. The first-order chi connectivity index (χ1) is 17.4. The molecule has 0 amide bonds. The molecule has 3 aromatic rings. The van der Waals surface area contributed by atoms with E-state index >= 15 is 4.39 Å². The van der Waals surface area contributed by atoms with Crippen LogP contribution >= 0.6 is 15.9 Å². The van der Waals surface area contributed by atoms with E-state index in [1.54, 1.807) is 54.6 Å². The van der Waals surface area contributed by atoms with Crippen LogP contribution in [0.4, 0.5) is 4.39 Å². The van der Waals surface area contributed by atoms with E-state index in [-0.39, 0.29) is 22.0 Å². The van der Waals surface area contributed by atoms with E-state index in [0.717, 1.165) is 0 Å². The van der Waals surface area contributed by atoms with E-state index in [9.17, 15) is 19.5 Å². The van der Waals surface area contributed by atoms with Crippen LogP contribution < -0.4 is 0 Å². The lowest BCUT2D eigenvalue weighted by Crippen LogP contribution is -2.48. The van der Waals surface area contributed by atoms with Gasteiger partial charge in [0, 0.05) is 5.33 Å². The lowest BCUT2D eigenvalue weighted by Gasteiger charge is -2.30. The third-order valence-electron chi connectivity index (χ3n) is 5.12. The first-order valence-electron chi connectivity index (χ1n) is 11.0. The Hall–Kier alpha value is -3.56. The summed E-state index contributed by atoms with van der Waals surface area (Å²) in [7, 11) is 0. The van der Waals surface area contributed by atoms with E-state index in [2.05, 4.69) is 15.9 Å². The van der Waals surface area contributed by atoms with Gasteiger partial charge in [-0.2, -0.15) is 0 Å². The zero-order valence-corrected chi connectivity index (χ0v) is 20.6. The maximum Gasteiger partial charge on any atom is 0.338 e. The molecule has 0 fully saturated rings. The van der Waals surface area contributed by atoms with Crippen LogP contribution in [0.3, 0.4) is 0 Å². The number of rotatable bonds is 11. The van der Waals surface area contributed by atoms with Crippen molar-refractivity contribution in [3.05, 3.63) is 108 Å². The highest BCUT2D eigenvalue weighted by atomic mass is 79.9. The van der Waals surface area contributed by atoms with Gasteiger partial charge < -0.3 is 19.3 Å². The number of benzene rings is 3. The molecule has 0 bridgehead atoms. The Morgan fingerprint density at radius 3 is 1.58 bits per heavy atom. The van der Waals surface area contributed by atoms with E-state index < -0.39 is 49.0 Å². The molecule has 0 saturated heterocycles. The van der Waals surface area contributed by atoms with Gasteiger partial charge in [-0.3, -0.25) is 0 Å². The second kappa shape index (κ2) is 13.5. The van der Waals surface area contributed by atoms with Crippen LogP contribution in [0, 0.1) is 0 Å². The van der Waals surface area contributed by atoms with Gasteiger partial charge in [-0.1, -0.05) is 70.5 Å². The zero-order valence-electron chi connectivity index (χ0n) is 19.0. The molecule has 0 heterocycles. The highest BCUT2D eigenvalue weighted by Gasteiger charge is 2.40. The Kier molecular flexibility index (Phi) is 10.1. The summed E-state index contributed by atoms with van der Waals surface area (Å²) in [6.07, 6.45) is -7.15. The average Bonchev–Trinajstić information content (AvgIpc) is 2.94. The van der Waals surface area contributed by atoms with Crippen molar-refractivity contribution in [3.8, 4) is 0 Å². The highest BCUT2D eigenvalue weighted by Crippen LogP contribution is 2.21. The van der Waals surface area contributed by atoms with Crippen molar-refractivity contribution in [2.45, 2.75) is 24.5 Å². The van der Waals surface area contributed by atoms with Crippen LogP contribution in [0.1, 0.15) is 31.1 Å². The van der Waals surface area contributed by atoms with Gasteiger partial charge in [0.05, 0.1) is 16.7 Å². The van der Waals surface area contributed by atoms with Crippen molar-refractivity contribution < 1.29 is 38.1 Å². The Morgan fingerprint density at radius 2 is 1.14 bits per heavy atom. The highest BCUT2D eigenvalue weighted by molar-refractivity contribution is 9.09. The fraction of sp³-hybridized carbons (Fsp3) is 0.222. The van der Waals surface area contributed by atoms with E-state index in [1.807, 2.05) is 0 Å². The van der Waals surface area contributed by atoms with Crippen LogP contribution in [0.5, 0.6) is 0 Å². The number of halogens is 2. The minimum Gasteiger partial charge on any atom is -0.459 e. The first kappa shape index (κ1) is 27.0. The van der Waals surface area contributed by atoms with Gasteiger partial charge >= 0.3 is 17.9 Å². The van der Waals surface area contributed by atoms with Gasteiger partial charge in [-0.15, -0.1) is 0 Å². The molecule has 3 aromatic carbocycles. The van der Waals surface area contributed by atoms with Crippen LogP contribution in [-0.4, -0.2) is 59.4 Å². The number of aliphatic hydroxyl groups excluding tert-OH is 1. The smallest absolute Gasteiger partial charge is 0.338 e. The number of hydrogen-bond donors (Lipinski definition) is 1. The second-order valence-electron chi connectivity index (χ2n) is 7.68. The van der Waals surface area contributed by atoms with Crippen LogP contribution in [0.15, 0.2) is 91.0 Å². The summed E-state index contributed by atoms with van der Waals surface area (Å²) < 4.78 is 31.4. The van der Waals surface area contributed by atoms with Crippen LogP contribution in [0.25, 0.3) is 0 Å². The maximum atomic E-state index is 15.5. The predicted octanol–water partition coefficient (Wildman–Crippen LogP) is 4.39. The van der Waals surface area contributed by atoms with Gasteiger partial charge in [-0.25, -0.2) is 18.8 Å². The Morgan fingerprint density at radius 1 is 0.722 bits per heavy atom. The minimum atomic E-state index is -2.26. The third kappa shape index (κ3) is 7.47. The summed E-state index contributed by atoms with van der Waals surface area (Å²) in [4.78, 5) is 37.5. The van der Waals surface area contributed by atoms with Crippen LogP contribution in [0.2, 0.25) is 0 Å². The van der Waals surface area contributed by atoms with Gasteiger partial charge in [0.25, 0.3) is 0 Å². The second-order valence-corrected chi connectivity index (χ2v) is 8.32. The SMILES string of the molecule is O=C(OCC(O)C(F)C(OC(=O)c1ccccc1)C(CBr)OC(=O)c1ccccc1)c1ccccc1. The van der Waals surface area contributed by atoms with E-state index in [4.69, 9.17) is 14.2 Å². The molecule has 4 atom stereocenters. The Labute approximate surface area is 215 Å². The largest absolute Gasteiger partial charge is 0.459 e. The van der Waals surface area contributed by atoms with Gasteiger partial charge in [0.1, 0.15) is 12.7 Å². The molecule has 1 N–H and O–H groups in total. The quantitative estimate of drug-likeness (QED) is 0.211. The minimum absolute atomic E-state index is 0.102. The molecule has 36 heavy (non-hydrogen) atoms. The van der Waals surface area contributed by atoms with Gasteiger partial charge in [-0.05, 0) is 36.4 Å². The molecule has 188 valence electrons. The summed E-state index contributed by atoms with van der Waals surface area (Å²) in [5.41, 5.74) is 0.578. The number of alkyl halides is 2. The van der Waals surface area contributed by atoms with Gasteiger partial charge in [0.15, 0.2) is 18.4 Å². The molecule has 0 aliphatic heterocycles. The maximum absolute atomic E-state index is 15.5. The summed E-state index contributed by atoms with van der Waals surface area (Å²) in [6.45, 7) is -0.712. The number of aliphatic hydroxyl groups is 1. The van der Waals surface area contributed by atoms with Crippen molar-refractivity contribution in [1.29, 1.82) is 0 Å². The molecular weight excluding hydrogens is 535 g/mol. The molecule has 9 heteroatoms. The Bertz CT molecular complexity index is 1130. The molecule has 7 nitrogen and oxygen atoms in total. The van der Waals surface area contributed by atoms with Gasteiger partial charge in [0.2, 0.25) is 0 Å². The van der Waals surface area contributed by atoms with E-state index in [0.29, 0.717) is 0 Å². The monoisotopic (exact) mass is 558 g/mol. The summed E-state index contributed by atoms with van der Waals surface area (Å²) >= 11 is 3.17. The number of ether oxygens (including phenoxy) is 3. The standard InChI is InChI=1S/C27H24BrFO7/c28-16-22(35-26(32)19-12-6-2-7-13-19)24(36-27(33)20-14-8-3-9-15-20)23(29)21(30)17-34-25(31)18-10-4-1-5-11-18/h1-15,21-24,30H,16-17H2. The lowest BCUT2D eigenvalue weighted by atomic mass is 10.0. The molecule has 0 aliphatic rings. The molecule has 0 aromatic heterocycles. The summed E-state index contributed by atoms with van der Waals surface area (Å²) in [6, 6.07) is 23.9. The lowest BCUT2D eigenvalue weighted by molar-refractivity contribution is -0.0917. The fourth-order valence-electron chi connectivity index (χ4n) is 3.21. The van der Waals surface area contributed by atoms with Crippen LogP contribution in [-0.2, 0) is 14.2 Å². The zero-order chi connectivity index (χ0) is 25.9. The molecule has 0 aliphatic carbocycles. The molecule has 4 unspecified atom stereocenters. The third-order valence-corrected chi connectivity index (χ3v) is 5.75. The molecule has 0 saturated carbocycles. The van der Waals surface area contributed by atoms with Crippen molar-refractivity contribution in [3.63, 3.8) is 0 Å². The predicted molar refractivity (Wildman–Crippen MR) is 133 cm³/mol. The number of carbonyl (C=O) groups excluding carboxylic acids is 3. The van der Waals surface area contributed by atoms with Crippen molar-refractivity contribution >= 4 is 33.8 Å². The molecule has 3 rings (SSSR count). The number of carbonyl (C=O) groups is 3. The first-order valence-corrected chi connectivity index (χ1v) is 12.1. The topological polar surface area (TPSA) is 99.1 Å². The van der Waals surface area contributed by atoms with Crippen molar-refractivity contribution in [1.82, 2.24) is 0 Å². The Balaban J connectivity index is 1.76. The fourth-order valence-corrected chi connectivity index (χ4v) is 3.71. The number of esters is 3. The van der Waals surface area contributed by atoms with E-state index in [1.165, 1.54) is 36.4 Å². The van der Waals surface area contributed by atoms with Crippen molar-refractivity contribution in [2.75, 3.05) is 11.9 Å². The number of hydrogen-bond acceptors (Lipinski definition) is 7. The molecular formula is C27H24BrFO7. The van der Waals surface area contributed by atoms with Crippen molar-refractivity contribution in [2.24, 2.45) is 0 Å². The molecule has 0 radical (unpaired) electrons. The summed E-state index contributed by atoms with van der Waals surface area (Å²) in [5, 5.41) is 10.4. The average molecular weight is 559 g/mol.